The van der Waals surface area contributed by atoms with Crippen molar-refractivity contribution in [2.24, 2.45) is 0 Å². The molecule has 0 spiro atoms. The maximum Gasteiger partial charge on any atom is 0.164 e. The van der Waals surface area contributed by atoms with E-state index in [0.717, 1.165) is 16.9 Å². The summed E-state index contributed by atoms with van der Waals surface area (Å²) >= 11 is 0. The molecule has 0 aromatic carbocycles. The van der Waals surface area contributed by atoms with Crippen molar-refractivity contribution in [3.63, 3.8) is 0 Å². The van der Waals surface area contributed by atoms with E-state index < -0.39 is 0 Å². The van der Waals surface area contributed by atoms with E-state index >= 15 is 0 Å². The summed E-state index contributed by atoms with van der Waals surface area (Å²) in [6.07, 6.45) is 3.27. The summed E-state index contributed by atoms with van der Waals surface area (Å²) in [5, 5.41) is 0.966. The van der Waals surface area contributed by atoms with E-state index in [1.165, 1.54) is 6.33 Å². The number of fused-ring (bicyclic) bond motifs is 1. The van der Waals surface area contributed by atoms with Gasteiger partial charge in [-0.25, -0.2) is 15.0 Å². The lowest BCUT2D eigenvalue weighted by Crippen LogP contribution is -2.10. The van der Waals surface area contributed by atoms with Crippen molar-refractivity contribution in [1.82, 2.24) is 15.0 Å². The third-order valence-corrected chi connectivity index (χ3v) is 1.81. The van der Waals surface area contributed by atoms with Gasteiger partial charge in [0, 0.05) is 25.7 Å². The molecule has 0 amide bonds. The number of rotatable bonds is 1. The Balaban J connectivity index is 2.62. The van der Waals surface area contributed by atoms with Gasteiger partial charge >= 0.3 is 0 Å². The number of anilines is 1. The average molecular weight is 174 g/mol. The van der Waals surface area contributed by atoms with Crippen LogP contribution >= 0.6 is 0 Å². The monoisotopic (exact) mass is 174 g/mol. The van der Waals surface area contributed by atoms with Crippen LogP contribution in [0.1, 0.15) is 0 Å². The zero-order valence-corrected chi connectivity index (χ0v) is 7.60. The van der Waals surface area contributed by atoms with Crippen LogP contribution in [0.4, 0.5) is 5.82 Å². The van der Waals surface area contributed by atoms with Gasteiger partial charge in [0.25, 0.3) is 0 Å². The molecule has 0 aliphatic heterocycles. The van der Waals surface area contributed by atoms with Crippen molar-refractivity contribution in [2.45, 2.75) is 0 Å². The van der Waals surface area contributed by atoms with Crippen molar-refractivity contribution in [3.8, 4) is 0 Å². The second kappa shape index (κ2) is 2.97. The Morgan fingerprint density at radius 2 is 2.08 bits per heavy atom. The van der Waals surface area contributed by atoms with Crippen LogP contribution in [0.25, 0.3) is 11.0 Å². The minimum absolute atomic E-state index is 0.737. The lowest BCUT2D eigenvalue weighted by molar-refractivity contribution is 1.07. The summed E-state index contributed by atoms with van der Waals surface area (Å²) in [7, 11) is 3.91. The largest absolute Gasteiger partial charge is 0.363 e. The second-order valence-corrected chi connectivity index (χ2v) is 3.00. The maximum absolute atomic E-state index is 4.35. The zero-order chi connectivity index (χ0) is 9.26. The van der Waals surface area contributed by atoms with Crippen molar-refractivity contribution in [1.29, 1.82) is 0 Å². The van der Waals surface area contributed by atoms with Crippen molar-refractivity contribution < 1.29 is 0 Å². The minimum Gasteiger partial charge on any atom is -0.363 e. The Morgan fingerprint density at radius 3 is 2.85 bits per heavy atom. The molecule has 0 N–H and O–H groups in total. The summed E-state index contributed by atoms with van der Waals surface area (Å²) < 4.78 is 0. The fourth-order valence-corrected chi connectivity index (χ4v) is 1.10. The van der Waals surface area contributed by atoms with Gasteiger partial charge in [0.2, 0.25) is 0 Å². The normalized spacial score (nSPS) is 10.3. The van der Waals surface area contributed by atoms with Crippen LogP contribution in [0.2, 0.25) is 0 Å². The predicted octanol–water partition coefficient (Wildman–Crippen LogP) is 1.09. The fraction of sp³-hybridized carbons (Fsp3) is 0.222. The van der Waals surface area contributed by atoms with Crippen molar-refractivity contribution >= 4 is 16.9 Å². The first-order valence-electron chi connectivity index (χ1n) is 4.01. The summed E-state index contributed by atoms with van der Waals surface area (Å²) in [5.41, 5.74) is 0.737. The number of pyridine rings is 1. The van der Waals surface area contributed by atoms with E-state index in [0.29, 0.717) is 0 Å². The summed E-state index contributed by atoms with van der Waals surface area (Å²) in [6.45, 7) is 0. The molecule has 66 valence electrons. The summed E-state index contributed by atoms with van der Waals surface area (Å²) in [4.78, 5) is 14.3. The third kappa shape index (κ3) is 1.42. The van der Waals surface area contributed by atoms with Gasteiger partial charge in [0.1, 0.15) is 12.1 Å². The van der Waals surface area contributed by atoms with Crippen LogP contribution in [0.15, 0.2) is 24.7 Å². The Kier molecular flexibility index (Phi) is 1.81. The number of hydrogen-bond acceptors (Lipinski definition) is 4. The molecule has 0 aliphatic rings. The molecule has 0 atom stereocenters. The Bertz CT molecular complexity index is 425. The molecule has 4 nitrogen and oxygen atoms in total. The van der Waals surface area contributed by atoms with Gasteiger partial charge in [-0.3, -0.25) is 0 Å². The number of nitrogens with zero attached hydrogens (tertiary/aromatic N) is 4. The van der Waals surface area contributed by atoms with Crippen LogP contribution in [0.3, 0.4) is 0 Å². The second-order valence-electron chi connectivity index (χ2n) is 3.00. The quantitative estimate of drug-likeness (QED) is 0.649. The Labute approximate surface area is 76.3 Å². The van der Waals surface area contributed by atoms with Crippen LogP contribution in [0, 0.1) is 0 Å². The molecule has 2 aromatic heterocycles. The van der Waals surface area contributed by atoms with Crippen LogP contribution in [-0.4, -0.2) is 29.0 Å². The molecule has 0 radical (unpaired) electrons. The van der Waals surface area contributed by atoms with E-state index in [1.54, 1.807) is 6.20 Å². The van der Waals surface area contributed by atoms with Gasteiger partial charge < -0.3 is 4.90 Å². The molecule has 4 heteroatoms. The standard InChI is InChI=1S/C9H10N4/c1-13(2)8-4-3-7-5-10-6-11-9(7)12-8/h3-6H,1-2H3. The van der Waals surface area contributed by atoms with E-state index in [4.69, 9.17) is 0 Å². The number of hydrogen-bond donors (Lipinski definition) is 0. The highest BCUT2D eigenvalue weighted by Gasteiger charge is 1.99. The van der Waals surface area contributed by atoms with E-state index in [9.17, 15) is 0 Å². The molecule has 13 heavy (non-hydrogen) atoms. The van der Waals surface area contributed by atoms with E-state index in [-0.39, 0.29) is 0 Å². The van der Waals surface area contributed by atoms with E-state index in [1.807, 2.05) is 31.1 Å². The Morgan fingerprint density at radius 1 is 1.23 bits per heavy atom. The fourth-order valence-electron chi connectivity index (χ4n) is 1.10. The SMILES string of the molecule is CN(C)c1ccc2cncnc2n1. The third-order valence-electron chi connectivity index (χ3n) is 1.81. The highest BCUT2D eigenvalue weighted by molar-refractivity contribution is 5.75. The molecule has 0 unspecified atom stereocenters. The molecule has 0 saturated heterocycles. The minimum atomic E-state index is 0.737. The van der Waals surface area contributed by atoms with Crippen molar-refractivity contribution in [3.05, 3.63) is 24.7 Å². The van der Waals surface area contributed by atoms with Crippen LogP contribution in [0.5, 0.6) is 0 Å². The molecule has 2 heterocycles. The van der Waals surface area contributed by atoms with Crippen molar-refractivity contribution in [2.75, 3.05) is 19.0 Å². The first-order chi connectivity index (χ1) is 6.27. The molecular weight excluding hydrogens is 164 g/mol. The summed E-state index contributed by atoms with van der Waals surface area (Å²) in [6, 6.07) is 3.92. The number of aromatic nitrogens is 3. The van der Waals surface area contributed by atoms with Gasteiger partial charge in [-0.2, -0.15) is 0 Å². The molecule has 0 aliphatic carbocycles. The molecule has 0 saturated carbocycles. The molecule has 0 fully saturated rings. The smallest absolute Gasteiger partial charge is 0.164 e. The predicted molar refractivity (Wildman–Crippen MR) is 51.7 cm³/mol. The molecule has 2 rings (SSSR count). The first-order valence-corrected chi connectivity index (χ1v) is 4.01. The highest BCUT2D eigenvalue weighted by Crippen LogP contribution is 2.12. The lowest BCUT2D eigenvalue weighted by Gasteiger charge is -2.10. The topological polar surface area (TPSA) is 41.9 Å². The van der Waals surface area contributed by atoms with Crippen LogP contribution in [-0.2, 0) is 0 Å². The van der Waals surface area contributed by atoms with Gasteiger partial charge in [-0.15, -0.1) is 0 Å². The molecular formula is C9H10N4. The van der Waals surface area contributed by atoms with Gasteiger partial charge in [-0.05, 0) is 12.1 Å². The van der Waals surface area contributed by atoms with Gasteiger partial charge in [0.05, 0.1) is 0 Å². The zero-order valence-electron chi connectivity index (χ0n) is 7.60. The first kappa shape index (κ1) is 7.91. The molecule has 2 aromatic rings. The van der Waals surface area contributed by atoms with Crippen LogP contribution < -0.4 is 4.90 Å². The lowest BCUT2D eigenvalue weighted by atomic mass is 10.3. The van der Waals surface area contributed by atoms with E-state index in [2.05, 4.69) is 15.0 Å². The maximum atomic E-state index is 4.35. The molecule has 0 bridgehead atoms. The Hall–Kier alpha value is -1.71. The highest BCUT2D eigenvalue weighted by atomic mass is 15.1. The van der Waals surface area contributed by atoms with Gasteiger partial charge in [-0.1, -0.05) is 0 Å². The average Bonchev–Trinajstić information content (AvgIpc) is 2.17. The summed E-state index contributed by atoms with van der Waals surface area (Å²) in [5.74, 6) is 0.909. The van der Waals surface area contributed by atoms with Gasteiger partial charge in [0.15, 0.2) is 5.65 Å².